The Morgan fingerprint density at radius 3 is 2.61 bits per heavy atom. The highest BCUT2D eigenvalue weighted by Crippen LogP contribution is 2.51. The molecule has 1 aliphatic carbocycles. The number of hydrogen-bond donors (Lipinski definition) is 1. The van der Waals surface area contributed by atoms with Crippen molar-refractivity contribution >= 4 is 21.6 Å². The van der Waals surface area contributed by atoms with Gasteiger partial charge in [0, 0.05) is 35.2 Å². The topological polar surface area (TPSA) is 38.5 Å². The molecule has 1 heterocycles. The van der Waals surface area contributed by atoms with Crippen molar-refractivity contribution in [1.82, 2.24) is 0 Å². The second-order valence-corrected chi connectivity index (χ2v) is 6.16. The summed E-state index contributed by atoms with van der Waals surface area (Å²) in [5.41, 5.74) is 8.99. The molecule has 2 N–H and O–H groups in total. The highest BCUT2D eigenvalue weighted by atomic mass is 79.9. The highest BCUT2D eigenvalue weighted by molar-refractivity contribution is 9.10. The van der Waals surface area contributed by atoms with E-state index >= 15 is 0 Å². The van der Waals surface area contributed by atoms with Crippen molar-refractivity contribution in [3.8, 4) is 0 Å². The summed E-state index contributed by atoms with van der Waals surface area (Å²) in [6.45, 7) is 4.36. The van der Waals surface area contributed by atoms with Gasteiger partial charge in [0.2, 0.25) is 0 Å². The van der Waals surface area contributed by atoms with Gasteiger partial charge in [-0.25, -0.2) is 0 Å². The lowest BCUT2D eigenvalue weighted by Gasteiger charge is -2.32. The average molecular weight is 311 g/mol. The molecule has 18 heavy (non-hydrogen) atoms. The third-order valence-corrected chi connectivity index (χ3v) is 4.62. The lowest BCUT2D eigenvalue weighted by molar-refractivity contribution is 0.122. The Morgan fingerprint density at radius 2 is 2.00 bits per heavy atom. The number of anilines is 1. The SMILES string of the molecule is NCC1(c2cc(Br)ccc2N2CCOCC2)CC1. The summed E-state index contributed by atoms with van der Waals surface area (Å²) < 4.78 is 6.58. The van der Waals surface area contributed by atoms with E-state index in [1.807, 2.05) is 0 Å². The fourth-order valence-corrected chi connectivity index (χ4v) is 3.11. The van der Waals surface area contributed by atoms with Gasteiger partial charge in [-0.05, 0) is 36.6 Å². The number of benzene rings is 1. The maximum absolute atomic E-state index is 5.99. The summed E-state index contributed by atoms with van der Waals surface area (Å²) in [7, 11) is 0. The molecule has 0 aromatic heterocycles. The Balaban J connectivity index is 1.97. The molecule has 0 unspecified atom stereocenters. The quantitative estimate of drug-likeness (QED) is 0.931. The van der Waals surface area contributed by atoms with Gasteiger partial charge in [-0.15, -0.1) is 0 Å². The van der Waals surface area contributed by atoms with E-state index in [0.29, 0.717) is 0 Å². The first-order valence-corrected chi connectivity index (χ1v) is 7.37. The van der Waals surface area contributed by atoms with Gasteiger partial charge in [0.1, 0.15) is 0 Å². The predicted octanol–water partition coefficient (Wildman–Crippen LogP) is 2.28. The number of hydrogen-bond acceptors (Lipinski definition) is 3. The summed E-state index contributed by atoms with van der Waals surface area (Å²) in [5, 5.41) is 0. The number of morpholine rings is 1. The second kappa shape index (κ2) is 4.83. The molecule has 0 radical (unpaired) electrons. The Hall–Kier alpha value is -0.580. The van der Waals surface area contributed by atoms with E-state index in [9.17, 15) is 0 Å². The number of nitrogens with two attached hydrogens (primary N) is 1. The van der Waals surface area contributed by atoms with Crippen LogP contribution in [-0.4, -0.2) is 32.8 Å². The zero-order valence-corrected chi connectivity index (χ0v) is 12.1. The van der Waals surface area contributed by atoms with Crippen LogP contribution in [0.15, 0.2) is 22.7 Å². The Bertz CT molecular complexity index is 439. The van der Waals surface area contributed by atoms with Crippen molar-refractivity contribution in [2.24, 2.45) is 5.73 Å². The van der Waals surface area contributed by atoms with Crippen molar-refractivity contribution in [2.75, 3.05) is 37.7 Å². The molecule has 0 atom stereocenters. The van der Waals surface area contributed by atoms with Crippen LogP contribution in [0, 0.1) is 0 Å². The lowest BCUT2D eigenvalue weighted by atomic mass is 9.93. The maximum Gasteiger partial charge on any atom is 0.0642 e. The normalized spacial score (nSPS) is 22.0. The van der Waals surface area contributed by atoms with Crippen LogP contribution >= 0.6 is 15.9 Å². The third-order valence-electron chi connectivity index (χ3n) is 4.13. The number of rotatable bonds is 3. The van der Waals surface area contributed by atoms with E-state index in [2.05, 4.69) is 39.0 Å². The largest absolute Gasteiger partial charge is 0.378 e. The molecule has 2 fully saturated rings. The van der Waals surface area contributed by atoms with E-state index in [1.165, 1.54) is 24.1 Å². The van der Waals surface area contributed by atoms with Crippen LogP contribution in [0.1, 0.15) is 18.4 Å². The van der Waals surface area contributed by atoms with Gasteiger partial charge in [0.15, 0.2) is 0 Å². The Kier molecular flexibility index (Phi) is 3.34. The number of nitrogens with zero attached hydrogens (tertiary/aromatic N) is 1. The molecule has 2 aliphatic rings. The maximum atomic E-state index is 5.99. The summed E-state index contributed by atoms with van der Waals surface area (Å²) in [6, 6.07) is 6.60. The smallest absolute Gasteiger partial charge is 0.0642 e. The molecule has 98 valence electrons. The molecule has 1 aromatic carbocycles. The Labute approximate surface area is 116 Å². The standard InChI is InChI=1S/C14H19BrN2O/c15-11-1-2-13(17-5-7-18-8-6-17)12(9-11)14(10-16)3-4-14/h1-2,9H,3-8,10,16H2. The molecule has 0 bridgehead atoms. The molecule has 3 nitrogen and oxygen atoms in total. The van der Waals surface area contributed by atoms with Crippen LogP contribution in [-0.2, 0) is 10.2 Å². The van der Waals surface area contributed by atoms with Crippen molar-refractivity contribution in [2.45, 2.75) is 18.3 Å². The first-order chi connectivity index (χ1) is 8.75. The lowest BCUT2D eigenvalue weighted by Crippen LogP contribution is -2.37. The molecule has 1 saturated carbocycles. The van der Waals surface area contributed by atoms with E-state index in [0.717, 1.165) is 37.3 Å². The zero-order chi connectivity index (χ0) is 12.6. The monoisotopic (exact) mass is 310 g/mol. The van der Waals surface area contributed by atoms with Crippen molar-refractivity contribution in [1.29, 1.82) is 0 Å². The van der Waals surface area contributed by atoms with Crippen LogP contribution < -0.4 is 10.6 Å². The van der Waals surface area contributed by atoms with Crippen molar-refractivity contribution in [3.63, 3.8) is 0 Å². The summed E-state index contributed by atoms with van der Waals surface area (Å²) in [4.78, 5) is 2.43. The van der Waals surface area contributed by atoms with Gasteiger partial charge in [-0.1, -0.05) is 15.9 Å². The van der Waals surface area contributed by atoms with Crippen LogP contribution in [0.25, 0.3) is 0 Å². The van der Waals surface area contributed by atoms with Gasteiger partial charge in [0.05, 0.1) is 13.2 Å². The minimum Gasteiger partial charge on any atom is -0.378 e. The molecule has 0 amide bonds. The third kappa shape index (κ3) is 2.17. The Morgan fingerprint density at radius 1 is 1.28 bits per heavy atom. The fourth-order valence-electron chi connectivity index (χ4n) is 2.75. The molecule has 0 spiro atoms. The van der Waals surface area contributed by atoms with E-state index in [-0.39, 0.29) is 5.41 Å². The van der Waals surface area contributed by atoms with Gasteiger partial charge < -0.3 is 15.4 Å². The molecule has 3 rings (SSSR count). The zero-order valence-electron chi connectivity index (χ0n) is 10.5. The first-order valence-electron chi connectivity index (χ1n) is 6.58. The van der Waals surface area contributed by atoms with Crippen molar-refractivity contribution in [3.05, 3.63) is 28.2 Å². The van der Waals surface area contributed by atoms with Gasteiger partial charge in [-0.2, -0.15) is 0 Å². The minimum atomic E-state index is 0.234. The number of halogens is 1. The summed E-state index contributed by atoms with van der Waals surface area (Å²) >= 11 is 3.59. The van der Waals surface area contributed by atoms with Gasteiger partial charge >= 0.3 is 0 Å². The second-order valence-electron chi connectivity index (χ2n) is 5.25. The van der Waals surface area contributed by atoms with Crippen LogP contribution in [0.2, 0.25) is 0 Å². The average Bonchev–Trinajstić information content (AvgIpc) is 3.21. The van der Waals surface area contributed by atoms with Crippen LogP contribution in [0.4, 0.5) is 5.69 Å². The van der Waals surface area contributed by atoms with Gasteiger partial charge in [-0.3, -0.25) is 0 Å². The number of ether oxygens (including phenoxy) is 1. The molecule has 4 heteroatoms. The molecular formula is C14H19BrN2O. The summed E-state index contributed by atoms with van der Waals surface area (Å²) in [5.74, 6) is 0. The van der Waals surface area contributed by atoms with Crippen LogP contribution in [0.5, 0.6) is 0 Å². The molecule has 1 aromatic rings. The van der Waals surface area contributed by atoms with Crippen LogP contribution in [0.3, 0.4) is 0 Å². The van der Waals surface area contributed by atoms with E-state index in [4.69, 9.17) is 10.5 Å². The first kappa shape index (κ1) is 12.5. The highest BCUT2D eigenvalue weighted by Gasteiger charge is 2.45. The molecule has 1 aliphatic heterocycles. The fraction of sp³-hybridized carbons (Fsp3) is 0.571. The molecular weight excluding hydrogens is 292 g/mol. The van der Waals surface area contributed by atoms with Gasteiger partial charge in [0.25, 0.3) is 0 Å². The molecule has 1 saturated heterocycles. The summed E-state index contributed by atoms with van der Waals surface area (Å²) in [6.07, 6.45) is 2.44. The predicted molar refractivity (Wildman–Crippen MR) is 77.1 cm³/mol. The van der Waals surface area contributed by atoms with E-state index < -0.39 is 0 Å². The minimum absolute atomic E-state index is 0.234. The van der Waals surface area contributed by atoms with E-state index in [1.54, 1.807) is 0 Å². The van der Waals surface area contributed by atoms with Crippen molar-refractivity contribution < 1.29 is 4.74 Å².